The molecule has 4 heteroatoms. The van der Waals surface area contributed by atoms with Crippen LogP contribution in [0, 0.1) is 13.8 Å². The Morgan fingerprint density at radius 3 is 2.58 bits per heavy atom. The minimum absolute atomic E-state index is 0.0561. The lowest BCUT2D eigenvalue weighted by atomic mass is 10.1. The number of carbonyl (C=O) groups excluding carboxylic acids is 1. The van der Waals surface area contributed by atoms with E-state index in [1.807, 2.05) is 32.0 Å². The maximum atomic E-state index is 12.0. The Labute approximate surface area is 113 Å². The predicted molar refractivity (Wildman–Crippen MR) is 74.4 cm³/mol. The quantitative estimate of drug-likeness (QED) is 0.743. The first-order valence-corrected chi connectivity index (χ1v) is 6.58. The van der Waals surface area contributed by atoms with E-state index in [-0.39, 0.29) is 12.3 Å². The number of benzene rings is 1. The van der Waals surface area contributed by atoms with Crippen molar-refractivity contribution in [3.05, 3.63) is 34.9 Å². The molecule has 0 saturated heterocycles. The van der Waals surface area contributed by atoms with Crippen molar-refractivity contribution in [2.75, 3.05) is 6.54 Å². The van der Waals surface area contributed by atoms with E-state index >= 15 is 0 Å². The van der Waals surface area contributed by atoms with Gasteiger partial charge in [0.15, 0.2) is 0 Å². The zero-order chi connectivity index (χ0) is 14.3. The highest BCUT2D eigenvalue weighted by atomic mass is 16.4. The maximum absolute atomic E-state index is 12.0. The molecule has 0 aliphatic heterocycles. The summed E-state index contributed by atoms with van der Waals surface area (Å²) < 4.78 is 0. The van der Waals surface area contributed by atoms with Crippen molar-refractivity contribution in [2.45, 2.75) is 39.5 Å². The largest absolute Gasteiger partial charge is 0.481 e. The van der Waals surface area contributed by atoms with Gasteiger partial charge in [-0.05, 0) is 38.3 Å². The van der Waals surface area contributed by atoms with Gasteiger partial charge in [-0.15, -0.1) is 0 Å². The molecular formula is C15H21NO3. The third kappa shape index (κ3) is 5.55. The highest BCUT2D eigenvalue weighted by molar-refractivity contribution is 5.95. The standard InChI is InChI=1S/C15H21NO3/c1-11-7-8-12(2)13(10-11)15(19)16-9-5-3-4-6-14(17)18/h7-8,10H,3-6,9H2,1-2H3,(H,16,19)(H,17,18). The number of aryl methyl sites for hydroxylation is 2. The van der Waals surface area contributed by atoms with Crippen molar-refractivity contribution < 1.29 is 14.7 Å². The van der Waals surface area contributed by atoms with E-state index in [2.05, 4.69) is 5.32 Å². The molecule has 104 valence electrons. The summed E-state index contributed by atoms with van der Waals surface area (Å²) in [7, 11) is 0. The van der Waals surface area contributed by atoms with Crippen molar-refractivity contribution in [1.29, 1.82) is 0 Å². The molecular weight excluding hydrogens is 242 g/mol. The van der Waals surface area contributed by atoms with Crippen LogP contribution >= 0.6 is 0 Å². The van der Waals surface area contributed by atoms with Crippen LogP contribution < -0.4 is 5.32 Å². The molecule has 0 radical (unpaired) electrons. The highest BCUT2D eigenvalue weighted by Crippen LogP contribution is 2.10. The van der Waals surface area contributed by atoms with Gasteiger partial charge in [0.2, 0.25) is 0 Å². The molecule has 0 heterocycles. The molecule has 0 bridgehead atoms. The van der Waals surface area contributed by atoms with Crippen LogP contribution in [0.4, 0.5) is 0 Å². The van der Waals surface area contributed by atoms with Gasteiger partial charge < -0.3 is 10.4 Å². The Hall–Kier alpha value is -1.84. The summed E-state index contributed by atoms with van der Waals surface area (Å²) in [6.45, 7) is 4.47. The Morgan fingerprint density at radius 2 is 1.89 bits per heavy atom. The molecule has 0 aromatic heterocycles. The zero-order valence-corrected chi connectivity index (χ0v) is 11.5. The molecule has 0 fully saturated rings. The molecule has 0 saturated carbocycles. The molecule has 1 rings (SSSR count). The van der Waals surface area contributed by atoms with E-state index in [0.29, 0.717) is 18.5 Å². The molecule has 2 N–H and O–H groups in total. The van der Waals surface area contributed by atoms with Crippen molar-refractivity contribution in [3.8, 4) is 0 Å². The predicted octanol–water partition coefficient (Wildman–Crippen LogP) is 2.68. The molecule has 0 atom stereocenters. The summed E-state index contributed by atoms with van der Waals surface area (Å²) in [4.78, 5) is 22.3. The van der Waals surface area contributed by atoms with Gasteiger partial charge in [0.25, 0.3) is 5.91 Å². The van der Waals surface area contributed by atoms with Crippen LogP contribution in [0.15, 0.2) is 18.2 Å². The molecule has 0 unspecified atom stereocenters. The summed E-state index contributed by atoms with van der Waals surface area (Å²) in [5, 5.41) is 11.4. The summed E-state index contributed by atoms with van der Waals surface area (Å²) in [6, 6.07) is 5.81. The number of unbranched alkanes of at least 4 members (excludes halogenated alkanes) is 2. The number of hydrogen-bond acceptors (Lipinski definition) is 2. The molecule has 1 aromatic carbocycles. The van der Waals surface area contributed by atoms with Crippen molar-refractivity contribution in [1.82, 2.24) is 5.32 Å². The van der Waals surface area contributed by atoms with Crippen LogP contribution in [0.3, 0.4) is 0 Å². The minimum atomic E-state index is -0.764. The average molecular weight is 263 g/mol. The van der Waals surface area contributed by atoms with Crippen molar-refractivity contribution in [3.63, 3.8) is 0 Å². The number of carboxylic acid groups (broad SMARTS) is 1. The van der Waals surface area contributed by atoms with Gasteiger partial charge in [-0.3, -0.25) is 9.59 Å². The second kappa shape index (κ2) is 7.56. The van der Waals surface area contributed by atoms with E-state index in [4.69, 9.17) is 5.11 Å². The lowest BCUT2D eigenvalue weighted by molar-refractivity contribution is -0.137. The normalized spacial score (nSPS) is 10.2. The topological polar surface area (TPSA) is 66.4 Å². The van der Waals surface area contributed by atoms with Crippen LogP contribution in [-0.2, 0) is 4.79 Å². The lowest BCUT2D eigenvalue weighted by Crippen LogP contribution is -2.25. The maximum Gasteiger partial charge on any atom is 0.303 e. The van der Waals surface area contributed by atoms with Crippen LogP contribution in [0.2, 0.25) is 0 Å². The van der Waals surface area contributed by atoms with Crippen LogP contribution in [0.25, 0.3) is 0 Å². The van der Waals surface area contributed by atoms with E-state index in [9.17, 15) is 9.59 Å². The number of rotatable bonds is 7. The number of carbonyl (C=O) groups is 2. The van der Waals surface area contributed by atoms with E-state index in [1.54, 1.807) is 0 Å². The SMILES string of the molecule is Cc1ccc(C)c(C(=O)NCCCCCC(=O)O)c1. The fourth-order valence-corrected chi connectivity index (χ4v) is 1.86. The highest BCUT2D eigenvalue weighted by Gasteiger charge is 2.08. The van der Waals surface area contributed by atoms with E-state index in [0.717, 1.165) is 24.0 Å². The third-order valence-electron chi connectivity index (χ3n) is 2.99. The summed E-state index contributed by atoms with van der Waals surface area (Å²) in [6.07, 6.45) is 2.49. The Morgan fingerprint density at radius 1 is 1.16 bits per heavy atom. The molecule has 4 nitrogen and oxygen atoms in total. The summed E-state index contributed by atoms with van der Waals surface area (Å²) in [5.74, 6) is -0.821. The molecule has 19 heavy (non-hydrogen) atoms. The van der Waals surface area contributed by atoms with Crippen molar-refractivity contribution in [2.24, 2.45) is 0 Å². The smallest absolute Gasteiger partial charge is 0.303 e. The number of carboxylic acids is 1. The third-order valence-corrected chi connectivity index (χ3v) is 2.99. The number of amides is 1. The monoisotopic (exact) mass is 263 g/mol. The molecule has 1 amide bonds. The lowest BCUT2D eigenvalue weighted by Gasteiger charge is -2.08. The molecule has 0 aliphatic carbocycles. The molecule has 0 spiro atoms. The van der Waals surface area contributed by atoms with Crippen LogP contribution in [0.5, 0.6) is 0 Å². The second-order valence-electron chi connectivity index (χ2n) is 4.78. The Bertz CT molecular complexity index is 455. The summed E-state index contributed by atoms with van der Waals surface area (Å²) >= 11 is 0. The zero-order valence-electron chi connectivity index (χ0n) is 11.5. The van der Waals surface area contributed by atoms with Gasteiger partial charge in [0.05, 0.1) is 0 Å². The van der Waals surface area contributed by atoms with Crippen LogP contribution in [0.1, 0.15) is 47.2 Å². The van der Waals surface area contributed by atoms with Crippen LogP contribution in [-0.4, -0.2) is 23.5 Å². The van der Waals surface area contributed by atoms with Gasteiger partial charge in [-0.1, -0.05) is 24.1 Å². The van der Waals surface area contributed by atoms with Gasteiger partial charge in [-0.25, -0.2) is 0 Å². The first-order valence-electron chi connectivity index (χ1n) is 6.58. The Balaban J connectivity index is 2.31. The first kappa shape index (κ1) is 15.2. The molecule has 0 aliphatic rings. The van der Waals surface area contributed by atoms with Crippen molar-refractivity contribution >= 4 is 11.9 Å². The average Bonchev–Trinajstić information content (AvgIpc) is 2.36. The van der Waals surface area contributed by atoms with Gasteiger partial charge in [-0.2, -0.15) is 0 Å². The van der Waals surface area contributed by atoms with Gasteiger partial charge in [0.1, 0.15) is 0 Å². The summed E-state index contributed by atoms with van der Waals surface area (Å²) in [5.41, 5.74) is 2.75. The van der Waals surface area contributed by atoms with Gasteiger partial charge in [0, 0.05) is 18.5 Å². The fourth-order valence-electron chi connectivity index (χ4n) is 1.86. The van der Waals surface area contributed by atoms with E-state index in [1.165, 1.54) is 0 Å². The number of aliphatic carboxylic acids is 1. The fraction of sp³-hybridized carbons (Fsp3) is 0.467. The number of nitrogens with one attached hydrogen (secondary N) is 1. The second-order valence-corrected chi connectivity index (χ2v) is 4.78. The first-order chi connectivity index (χ1) is 9.00. The minimum Gasteiger partial charge on any atom is -0.481 e. The molecule has 1 aromatic rings. The van der Waals surface area contributed by atoms with Gasteiger partial charge >= 0.3 is 5.97 Å². The Kier molecular flexibility index (Phi) is 6.06. The van der Waals surface area contributed by atoms with E-state index < -0.39 is 5.97 Å². The number of hydrogen-bond donors (Lipinski definition) is 2.